The molecule has 0 unspecified atom stereocenters. The Bertz CT molecular complexity index is 620. The first-order valence-corrected chi connectivity index (χ1v) is 5.31. The Morgan fingerprint density at radius 1 is 1.53 bits per heavy atom. The molecule has 0 bridgehead atoms. The third kappa shape index (κ3) is 2.39. The summed E-state index contributed by atoms with van der Waals surface area (Å²) < 4.78 is 1.06. The van der Waals surface area contributed by atoms with Gasteiger partial charge in [0.25, 0.3) is 0 Å². The maximum absolute atomic E-state index is 10.9. The van der Waals surface area contributed by atoms with E-state index >= 15 is 0 Å². The lowest BCUT2D eigenvalue weighted by Gasteiger charge is -2.00. The van der Waals surface area contributed by atoms with E-state index in [0.29, 0.717) is 6.42 Å². The maximum Gasteiger partial charge on any atom is 0.363 e. The molecule has 0 aliphatic rings. The summed E-state index contributed by atoms with van der Waals surface area (Å²) in [5, 5.41) is 23.3. The van der Waals surface area contributed by atoms with Crippen molar-refractivity contribution in [3.63, 3.8) is 0 Å². The van der Waals surface area contributed by atoms with Crippen molar-refractivity contribution in [3.8, 4) is 5.82 Å². The second-order valence-corrected chi connectivity index (χ2v) is 3.59. The van der Waals surface area contributed by atoms with Crippen LogP contribution in [-0.2, 0) is 6.42 Å². The fourth-order valence-electron chi connectivity index (χ4n) is 1.47. The van der Waals surface area contributed by atoms with Gasteiger partial charge in [0.1, 0.15) is 12.5 Å². The zero-order valence-electron chi connectivity index (χ0n) is 9.85. The molecule has 9 nitrogen and oxygen atoms in total. The summed E-state index contributed by atoms with van der Waals surface area (Å²) in [5.41, 5.74) is -0.481. The molecule has 0 saturated heterocycles. The van der Waals surface area contributed by atoms with Crippen molar-refractivity contribution in [2.45, 2.75) is 13.3 Å². The van der Waals surface area contributed by atoms with E-state index < -0.39 is 22.3 Å². The number of aromatic carboxylic acids is 1. The summed E-state index contributed by atoms with van der Waals surface area (Å²) in [6.45, 7) is 1.89. The Morgan fingerprint density at radius 2 is 2.26 bits per heavy atom. The van der Waals surface area contributed by atoms with E-state index in [4.69, 9.17) is 5.11 Å². The summed E-state index contributed by atoms with van der Waals surface area (Å²) in [6, 6.07) is 1.59. The monoisotopic (exact) mass is 263 g/mol. The van der Waals surface area contributed by atoms with Crippen LogP contribution in [0.3, 0.4) is 0 Å². The maximum atomic E-state index is 10.9. The van der Waals surface area contributed by atoms with Gasteiger partial charge in [0, 0.05) is 11.8 Å². The highest BCUT2D eigenvalue weighted by atomic mass is 16.6. The van der Waals surface area contributed by atoms with Crippen LogP contribution in [0.15, 0.2) is 18.6 Å². The van der Waals surface area contributed by atoms with Gasteiger partial charge in [-0.3, -0.25) is 10.1 Å². The summed E-state index contributed by atoms with van der Waals surface area (Å²) in [5.74, 6) is -1.18. The first-order valence-electron chi connectivity index (χ1n) is 5.31. The lowest BCUT2D eigenvalue weighted by atomic mass is 10.3. The molecule has 0 aromatic carbocycles. The zero-order valence-corrected chi connectivity index (χ0v) is 9.85. The van der Waals surface area contributed by atoms with Crippen molar-refractivity contribution in [2.24, 2.45) is 0 Å². The number of aryl methyl sites for hydroxylation is 1. The van der Waals surface area contributed by atoms with Gasteiger partial charge in [-0.1, -0.05) is 6.92 Å². The quantitative estimate of drug-likeness (QED) is 0.639. The average molecular weight is 263 g/mol. The van der Waals surface area contributed by atoms with Crippen molar-refractivity contribution < 1.29 is 14.8 Å². The van der Waals surface area contributed by atoms with Gasteiger partial charge in [0.2, 0.25) is 5.69 Å². The zero-order chi connectivity index (χ0) is 14.0. The highest BCUT2D eigenvalue weighted by Crippen LogP contribution is 2.18. The first kappa shape index (κ1) is 12.6. The highest BCUT2D eigenvalue weighted by molar-refractivity contribution is 5.89. The van der Waals surface area contributed by atoms with Crippen LogP contribution in [0.5, 0.6) is 0 Å². The fraction of sp³-hybridized carbons (Fsp3) is 0.200. The Morgan fingerprint density at radius 3 is 2.79 bits per heavy atom. The Kier molecular flexibility index (Phi) is 3.19. The number of rotatable bonds is 4. The Hall–Kier alpha value is -2.84. The summed E-state index contributed by atoms with van der Waals surface area (Å²) in [4.78, 5) is 28.7. The van der Waals surface area contributed by atoms with Crippen LogP contribution in [0.2, 0.25) is 0 Å². The van der Waals surface area contributed by atoms with Crippen LogP contribution in [0, 0.1) is 10.1 Å². The van der Waals surface area contributed by atoms with E-state index in [0.717, 1.165) is 16.6 Å². The molecule has 0 atom stereocenters. The minimum atomic E-state index is -1.46. The topological polar surface area (TPSA) is 124 Å². The van der Waals surface area contributed by atoms with Crippen LogP contribution in [0.1, 0.15) is 23.1 Å². The van der Waals surface area contributed by atoms with E-state index in [1.165, 1.54) is 6.33 Å². The molecule has 9 heteroatoms. The molecule has 0 amide bonds. The van der Waals surface area contributed by atoms with E-state index in [-0.39, 0.29) is 5.82 Å². The van der Waals surface area contributed by atoms with Crippen LogP contribution in [0.4, 0.5) is 5.69 Å². The Balaban J connectivity index is 2.53. The molecule has 0 spiro atoms. The van der Waals surface area contributed by atoms with Crippen molar-refractivity contribution in [2.75, 3.05) is 0 Å². The molecule has 1 N–H and O–H groups in total. The van der Waals surface area contributed by atoms with Gasteiger partial charge >= 0.3 is 11.7 Å². The van der Waals surface area contributed by atoms with Crippen LogP contribution >= 0.6 is 0 Å². The first-order chi connectivity index (χ1) is 9.02. The summed E-state index contributed by atoms with van der Waals surface area (Å²) in [6.07, 6.45) is 2.97. The minimum absolute atomic E-state index is 0.280. The molecule has 2 aromatic rings. The van der Waals surface area contributed by atoms with E-state index in [1.807, 2.05) is 6.92 Å². The van der Waals surface area contributed by atoms with Crippen molar-refractivity contribution in [3.05, 3.63) is 40.1 Å². The molecular formula is C10H9N5O4. The molecule has 2 rings (SSSR count). The van der Waals surface area contributed by atoms with Crippen LogP contribution < -0.4 is 0 Å². The largest absolute Gasteiger partial charge is 0.476 e. The van der Waals surface area contributed by atoms with Crippen molar-refractivity contribution >= 4 is 11.7 Å². The lowest BCUT2D eigenvalue weighted by molar-refractivity contribution is -0.385. The van der Waals surface area contributed by atoms with Gasteiger partial charge in [0.05, 0.1) is 4.92 Å². The number of nitro groups is 1. The van der Waals surface area contributed by atoms with Gasteiger partial charge in [-0.15, -0.1) is 0 Å². The molecule has 98 valence electrons. The molecule has 0 aliphatic carbocycles. The predicted molar refractivity (Wildman–Crippen MR) is 62.1 cm³/mol. The number of hydrogen-bond donors (Lipinski definition) is 1. The van der Waals surface area contributed by atoms with Gasteiger partial charge in [0.15, 0.2) is 5.82 Å². The molecular weight excluding hydrogens is 254 g/mol. The lowest BCUT2D eigenvalue weighted by Crippen LogP contribution is -2.04. The summed E-state index contributed by atoms with van der Waals surface area (Å²) in [7, 11) is 0. The number of nitrogens with zero attached hydrogens (tertiary/aromatic N) is 5. The molecule has 19 heavy (non-hydrogen) atoms. The van der Waals surface area contributed by atoms with Gasteiger partial charge in [-0.05, 0) is 6.42 Å². The third-order valence-corrected chi connectivity index (χ3v) is 2.40. The van der Waals surface area contributed by atoms with Crippen molar-refractivity contribution in [1.82, 2.24) is 19.7 Å². The summed E-state index contributed by atoms with van der Waals surface area (Å²) >= 11 is 0. The SMILES string of the molecule is CCc1cc(-n2cc([N+](=O)[O-])c(C(=O)O)n2)ncn1. The van der Waals surface area contributed by atoms with Gasteiger partial charge in [-0.2, -0.15) is 5.10 Å². The fourth-order valence-corrected chi connectivity index (χ4v) is 1.47. The normalized spacial score (nSPS) is 10.4. The number of carbonyl (C=O) groups is 1. The third-order valence-electron chi connectivity index (χ3n) is 2.40. The predicted octanol–water partition coefficient (Wildman–Crippen LogP) is 0.831. The number of aromatic nitrogens is 4. The molecule has 0 saturated carbocycles. The van der Waals surface area contributed by atoms with Crippen molar-refractivity contribution in [1.29, 1.82) is 0 Å². The van der Waals surface area contributed by atoms with E-state index in [9.17, 15) is 14.9 Å². The Labute approximate surface area is 106 Å². The molecule has 0 radical (unpaired) electrons. The average Bonchev–Trinajstić information content (AvgIpc) is 2.84. The molecule has 0 fully saturated rings. The second-order valence-electron chi connectivity index (χ2n) is 3.59. The molecule has 0 aliphatic heterocycles. The van der Waals surface area contributed by atoms with E-state index in [2.05, 4.69) is 15.1 Å². The molecule has 2 aromatic heterocycles. The number of carboxylic acid groups (broad SMARTS) is 1. The smallest absolute Gasteiger partial charge is 0.363 e. The van der Waals surface area contributed by atoms with E-state index in [1.54, 1.807) is 6.07 Å². The van der Waals surface area contributed by atoms with Gasteiger partial charge in [-0.25, -0.2) is 19.4 Å². The highest BCUT2D eigenvalue weighted by Gasteiger charge is 2.25. The van der Waals surface area contributed by atoms with Crippen LogP contribution in [-0.4, -0.2) is 35.7 Å². The number of hydrogen-bond acceptors (Lipinski definition) is 6. The van der Waals surface area contributed by atoms with Gasteiger partial charge < -0.3 is 5.11 Å². The second kappa shape index (κ2) is 4.80. The minimum Gasteiger partial charge on any atom is -0.476 e. The standard InChI is InChI=1S/C10H9N5O4/c1-2-6-3-8(12-5-11-6)14-4-7(15(18)19)9(13-14)10(16)17/h3-5H,2H2,1H3,(H,16,17). The number of carboxylic acids is 1. The molecule has 2 heterocycles. The van der Waals surface area contributed by atoms with Crippen LogP contribution in [0.25, 0.3) is 5.82 Å².